The number of anilines is 1. The number of phosphoric ester groups is 1. The van der Waals surface area contributed by atoms with Gasteiger partial charge in [-0.1, -0.05) is 17.8 Å². The minimum atomic E-state index is -5.15. The molecule has 1 N–H and O–H groups in total. The Hall–Kier alpha value is -4.93. The third-order valence-electron chi connectivity index (χ3n) is 5.73. The highest BCUT2D eigenvalue weighted by atomic mass is 31.2. The van der Waals surface area contributed by atoms with E-state index in [9.17, 15) is 23.8 Å². The van der Waals surface area contributed by atoms with Crippen molar-refractivity contribution in [3.05, 3.63) is 6.33 Å². The number of imidazole rings is 1. The molecule has 0 saturated carbocycles. The van der Waals surface area contributed by atoms with E-state index in [1.165, 1.54) is 20.8 Å². The number of hydrogen-bond donors (Lipinski definition) is 1. The van der Waals surface area contributed by atoms with Crippen molar-refractivity contribution in [2.24, 2.45) is 0 Å². The fourth-order valence-corrected chi connectivity index (χ4v) is 5.32. The summed E-state index contributed by atoms with van der Waals surface area (Å²) in [5.74, 6) is 5.28. The van der Waals surface area contributed by atoms with Crippen molar-refractivity contribution in [1.82, 2.24) is 19.5 Å². The molecule has 1 aliphatic rings. The normalized spacial score (nSPS) is 20.0. The average Bonchev–Trinajstić information content (AvgIpc) is 3.56. The third-order valence-corrected chi connectivity index (χ3v) is 7.00. The first-order chi connectivity index (χ1) is 23.4. The second-order valence-electron chi connectivity index (χ2n) is 12.0. The SMILES string of the molecule is C#CCOC(=O)Nc1nc(OC(=O)OCC#C)c2ncn([C@@H]3O[C@H](COC(C)(C)C)C(OP(=O)([O-])OC(C)(C)C)[C@@H]3OC(=O)OCC#C)c2n1. The van der Waals surface area contributed by atoms with Gasteiger partial charge in [0.15, 0.2) is 43.3 Å². The number of nitrogens with one attached hydrogen (secondary N) is 1. The van der Waals surface area contributed by atoms with Gasteiger partial charge in [-0.3, -0.25) is 14.4 Å². The largest absolute Gasteiger partial charge is 0.756 e. The molecule has 20 heteroatoms. The van der Waals surface area contributed by atoms with Gasteiger partial charge in [-0.15, -0.1) is 19.3 Å². The molecule has 270 valence electrons. The van der Waals surface area contributed by atoms with E-state index in [0.717, 1.165) is 10.9 Å². The number of phosphoric acid groups is 1. The first-order valence-corrected chi connectivity index (χ1v) is 16.0. The number of carbonyl (C=O) groups excluding carboxylic acids is 3. The highest BCUT2D eigenvalue weighted by Crippen LogP contribution is 2.49. The molecule has 1 saturated heterocycles. The molecule has 1 fully saturated rings. The Bertz CT molecular complexity index is 1730. The molecular weight excluding hydrogens is 685 g/mol. The number of carbonyl (C=O) groups is 3. The Balaban J connectivity index is 2.19. The van der Waals surface area contributed by atoms with Crippen LogP contribution in [0.25, 0.3) is 11.2 Å². The zero-order valence-electron chi connectivity index (χ0n) is 27.9. The third kappa shape index (κ3) is 11.6. The minimum absolute atomic E-state index is 0.208. The zero-order valence-corrected chi connectivity index (χ0v) is 28.8. The van der Waals surface area contributed by atoms with Crippen LogP contribution in [0.2, 0.25) is 0 Å². The number of rotatable bonds is 12. The molecule has 2 aromatic rings. The van der Waals surface area contributed by atoms with Gasteiger partial charge >= 0.3 is 18.4 Å². The molecule has 5 atom stereocenters. The molecule has 3 heterocycles. The van der Waals surface area contributed by atoms with Gasteiger partial charge < -0.3 is 47.1 Å². The van der Waals surface area contributed by atoms with Gasteiger partial charge in [0.1, 0.15) is 12.2 Å². The first-order valence-electron chi connectivity index (χ1n) is 14.5. The molecule has 50 heavy (non-hydrogen) atoms. The molecule has 2 aromatic heterocycles. The summed E-state index contributed by atoms with van der Waals surface area (Å²) in [7, 11) is -5.15. The van der Waals surface area contributed by atoms with E-state index in [2.05, 4.69) is 38.0 Å². The second-order valence-corrected chi connectivity index (χ2v) is 13.2. The lowest BCUT2D eigenvalue weighted by Crippen LogP contribution is -2.41. The van der Waals surface area contributed by atoms with Gasteiger partial charge in [0.25, 0.3) is 13.7 Å². The summed E-state index contributed by atoms with van der Waals surface area (Å²) in [4.78, 5) is 62.9. The lowest BCUT2D eigenvalue weighted by atomic mass is 10.1. The van der Waals surface area contributed by atoms with Crippen LogP contribution in [0.5, 0.6) is 5.88 Å². The maximum atomic E-state index is 13.1. The summed E-state index contributed by atoms with van der Waals surface area (Å²) in [5.41, 5.74) is -2.38. The number of terminal acetylenes is 3. The Morgan fingerprint density at radius 2 is 1.58 bits per heavy atom. The smallest absolute Gasteiger partial charge is 0.516 e. The second kappa shape index (κ2) is 16.7. The number of amides is 1. The summed E-state index contributed by atoms with van der Waals surface area (Å²) < 4.78 is 62.1. The van der Waals surface area contributed by atoms with Gasteiger partial charge in [-0.25, -0.2) is 19.4 Å². The Morgan fingerprint density at radius 1 is 0.960 bits per heavy atom. The lowest BCUT2D eigenvalue weighted by Gasteiger charge is -2.35. The van der Waals surface area contributed by atoms with Crippen molar-refractivity contribution in [3.63, 3.8) is 0 Å². The number of hydrogen-bond acceptors (Lipinski definition) is 17. The van der Waals surface area contributed by atoms with Crippen LogP contribution in [0.3, 0.4) is 0 Å². The molecule has 0 radical (unpaired) electrons. The standard InChI is InChI=1S/C30H36N5O14P/c1-10-13-41-26(36)34-25-32-22-19(23(33-25)47-28(38)43-15-12-3)31-17-35(22)24-21(46-27(37)42-14-11-2)20(18(45-24)16-44-29(4,5)6)48-50(39,40)49-30(7,8)9/h1-3,17-18,20-21,24H,13-16H2,4-9H3,(H,39,40)(H,32,33,34,36)/p-1/t18-,20?,21+,24-/m1/s1. The number of aromatic nitrogens is 4. The molecule has 1 amide bonds. The molecule has 0 bridgehead atoms. The molecule has 1 aliphatic heterocycles. The van der Waals surface area contributed by atoms with Crippen LogP contribution in [-0.4, -0.2) is 93.9 Å². The quantitative estimate of drug-likeness (QED) is 0.144. The van der Waals surface area contributed by atoms with Crippen molar-refractivity contribution in [2.75, 3.05) is 31.7 Å². The highest BCUT2D eigenvalue weighted by molar-refractivity contribution is 7.45. The topological polar surface area (TPSA) is 230 Å². The fourth-order valence-electron chi connectivity index (χ4n) is 4.05. The highest BCUT2D eigenvalue weighted by Gasteiger charge is 2.52. The summed E-state index contributed by atoms with van der Waals surface area (Å²) >= 11 is 0. The predicted octanol–water partition coefficient (Wildman–Crippen LogP) is 2.69. The molecule has 0 spiro atoms. The van der Waals surface area contributed by atoms with E-state index in [1.54, 1.807) is 20.8 Å². The van der Waals surface area contributed by atoms with Crippen molar-refractivity contribution in [2.45, 2.75) is 77.3 Å². The molecule has 0 aliphatic carbocycles. The molecule has 19 nitrogen and oxygen atoms in total. The molecule has 0 aromatic carbocycles. The van der Waals surface area contributed by atoms with Crippen molar-refractivity contribution < 1.29 is 66.0 Å². The Morgan fingerprint density at radius 3 is 2.18 bits per heavy atom. The number of nitrogens with zero attached hydrogens (tertiary/aromatic N) is 4. The van der Waals surface area contributed by atoms with Crippen molar-refractivity contribution >= 4 is 43.3 Å². The lowest BCUT2D eigenvalue weighted by molar-refractivity contribution is -0.242. The van der Waals surface area contributed by atoms with Crippen LogP contribution in [0, 0.1) is 37.0 Å². The number of ether oxygens (including phenoxy) is 7. The van der Waals surface area contributed by atoms with Crippen molar-refractivity contribution in [3.8, 4) is 42.9 Å². The summed E-state index contributed by atoms with van der Waals surface area (Å²) in [6.07, 6.45) is 6.83. The van der Waals surface area contributed by atoms with Crippen molar-refractivity contribution in [1.29, 1.82) is 0 Å². The maximum absolute atomic E-state index is 13.1. The van der Waals surface area contributed by atoms with E-state index in [-0.39, 0.29) is 17.8 Å². The van der Waals surface area contributed by atoms with E-state index < -0.39 is 93.6 Å². The minimum Gasteiger partial charge on any atom is -0.756 e. The van der Waals surface area contributed by atoms with Gasteiger partial charge in [0.05, 0.1) is 24.1 Å². The van der Waals surface area contributed by atoms with Crippen LogP contribution in [-0.2, 0) is 42.0 Å². The van der Waals surface area contributed by atoms with E-state index in [1.807, 2.05) is 0 Å². The van der Waals surface area contributed by atoms with Crippen LogP contribution < -0.4 is 14.9 Å². The molecular formula is C30H35N5O14P-. The van der Waals surface area contributed by atoms with Gasteiger partial charge in [0, 0.05) is 0 Å². The zero-order chi connectivity index (χ0) is 37.3. The Labute approximate surface area is 287 Å². The Kier molecular flexibility index (Phi) is 13.2. The van der Waals surface area contributed by atoms with Crippen LogP contribution in [0.15, 0.2) is 6.33 Å². The predicted molar refractivity (Wildman–Crippen MR) is 168 cm³/mol. The van der Waals surface area contributed by atoms with Gasteiger partial charge in [0.2, 0.25) is 5.95 Å². The van der Waals surface area contributed by atoms with Crippen LogP contribution >= 0.6 is 7.82 Å². The monoisotopic (exact) mass is 720 g/mol. The number of fused-ring (bicyclic) bond motifs is 1. The molecule has 2 unspecified atom stereocenters. The van der Waals surface area contributed by atoms with E-state index in [4.69, 9.17) is 61.5 Å². The first kappa shape index (κ1) is 39.5. The summed E-state index contributed by atoms with van der Waals surface area (Å²) in [5, 5.41) is 2.22. The summed E-state index contributed by atoms with van der Waals surface area (Å²) in [6, 6.07) is 0. The van der Waals surface area contributed by atoms with Gasteiger partial charge in [-0.2, -0.15) is 9.97 Å². The van der Waals surface area contributed by atoms with Crippen LogP contribution in [0.4, 0.5) is 20.3 Å². The van der Waals surface area contributed by atoms with Crippen LogP contribution in [0.1, 0.15) is 47.8 Å². The average molecular weight is 721 g/mol. The van der Waals surface area contributed by atoms with E-state index >= 15 is 0 Å². The maximum Gasteiger partial charge on any atom is 0.516 e. The summed E-state index contributed by atoms with van der Waals surface area (Å²) in [6.45, 7) is 8.02. The molecule has 3 rings (SSSR count). The van der Waals surface area contributed by atoms with E-state index in [0.29, 0.717) is 0 Å². The van der Waals surface area contributed by atoms with Gasteiger partial charge in [-0.05, 0) is 41.5 Å². The fraction of sp³-hybridized carbons (Fsp3) is 0.533.